The van der Waals surface area contributed by atoms with Crippen molar-refractivity contribution in [2.75, 3.05) is 6.61 Å². The molecule has 0 unspecified atom stereocenters. The highest BCUT2D eigenvalue weighted by atomic mass is 16.6. The molecule has 0 atom stereocenters. The largest absolute Gasteiger partial charge is 0.493 e. The molecule has 25 heavy (non-hydrogen) atoms. The van der Waals surface area contributed by atoms with Gasteiger partial charge in [-0.15, -0.1) is 0 Å². The fourth-order valence-electron chi connectivity index (χ4n) is 2.86. The van der Waals surface area contributed by atoms with Gasteiger partial charge in [0, 0.05) is 0 Å². The van der Waals surface area contributed by atoms with Gasteiger partial charge >= 0.3 is 6.09 Å². The van der Waals surface area contributed by atoms with Crippen LogP contribution in [0.2, 0.25) is 0 Å². The summed E-state index contributed by atoms with van der Waals surface area (Å²) in [5.41, 5.74) is 0.533. The molecular formula is C20H30N2O3. The summed E-state index contributed by atoms with van der Waals surface area (Å²) >= 11 is 0. The van der Waals surface area contributed by atoms with E-state index in [1.165, 1.54) is 38.4 Å². The van der Waals surface area contributed by atoms with E-state index in [1.807, 2.05) is 45.0 Å². The van der Waals surface area contributed by atoms with Crippen LogP contribution in [-0.2, 0) is 11.3 Å². The first kappa shape index (κ1) is 19.3. The lowest BCUT2D eigenvalue weighted by Crippen LogP contribution is -2.31. The molecule has 1 aliphatic rings. The molecule has 0 aromatic heterocycles. The van der Waals surface area contributed by atoms with Gasteiger partial charge in [-0.25, -0.2) is 4.79 Å². The molecule has 1 aromatic rings. The van der Waals surface area contributed by atoms with Crippen LogP contribution in [0, 0.1) is 5.92 Å². The number of carbonyl (C=O) groups is 1. The number of rotatable bonds is 6. The Kier molecular flexibility index (Phi) is 7.29. The van der Waals surface area contributed by atoms with E-state index in [2.05, 4.69) is 10.3 Å². The van der Waals surface area contributed by atoms with Crippen molar-refractivity contribution >= 4 is 12.4 Å². The second-order valence-electron chi connectivity index (χ2n) is 7.58. The van der Waals surface area contributed by atoms with Gasteiger partial charge in [-0.3, -0.25) is 10.3 Å². The van der Waals surface area contributed by atoms with Gasteiger partial charge in [-0.05, 0) is 57.2 Å². The van der Waals surface area contributed by atoms with Crippen molar-refractivity contribution in [2.45, 2.75) is 65.0 Å². The van der Waals surface area contributed by atoms with Crippen molar-refractivity contribution in [3.63, 3.8) is 0 Å². The van der Waals surface area contributed by atoms with Gasteiger partial charge < -0.3 is 9.47 Å². The maximum absolute atomic E-state index is 11.5. The summed E-state index contributed by atoms with van der Waals surface area (Å²) in [4.78, 5) is 15.7. The zero-order chi connectivity index (χ0) is 18.1. The highest BCUT2D eigenvalue weighted by Gasteiger charge is 2.15. The van der Waals surface area contributed by atoms with Crippen LogP contribution >= 0.6 is 0 Å². The maximum Gasteiger partial charge on any atom is 0.412 e. The van der Waals surface area contributed by atoms with E-state index in [4.69, 9.17) is 9.47 Å². The van der Waals surface area contributed by atoms with Crippen molar-refractivity contribution in [1.29, 1.82) is 0 Å². The summed E-state index contributed by atoms with van der Waals surface area (Å²) in [6.45, 7) is 6.75. The first-order chi connectivity index (χ1) is 11.9. The molecule has 5 nitrogen and oxygen atoms in total. The van der Waals surface area contributed by atoms with E-state index in [0.717, 1.165) is 17.9 Å². The number of alkyl carbamates (subject to hydrolysis) is 1. The quantitative estimate of drug-likeness (QED) is 0.600. The number of hydrogen-bond donors (Lipinski definition) is 1. The summed E-state index contributed by atoms with van der Waals surface area (Å²) in [7, 11) is 0. The number of hydrogen-bond acceptors (Lipinski definition) is 4. The minimum absolute atomic E-state index is 0.483. The summed E-state index contributed by atoms with van der Waals surface area (Å²) < 4.78 is 11.1. The third kappa shape index (κ3) is 8.05. The molecule has 1 amide bonds. The Bertz CT molecular complexity index is 573. The summed E-state index contributed by atoms with van der Waals surface area (Å²) in [6.07, 6.45) is 7.45. The van der Waals surface area contributed by atoms with Crippen LogP contribution in [0.1, 0.15) is 58.4 Å². The number of aliphatic imine (C=N–C) groups is 1. The molecule has 5 heteroatoms. The topological polar surface area (TPSA) is 59.9 Å². The molecular weight excluding hydrogens is 316 g/mol. The second-order valence-corrected chi connectivity index (χ2v) is 7.58. The van der Waals surface area contributed by atoms with Crippen molar-refractivity contribution in [2.24, 2.45) is 10.9 Å². The van der Waals surface area contributed by atoms with Crippen LogP contribution < -0.4 is 10.1 Å². The molecule has 0 aliphatic heterocycles. The van der Waals surface area contributed by atoms with E-state index >= 15 is 0 Å². The van der Waals surface area contributed by atoms with Gasteiger partial charge in [0.25, 0.3) is 0 Å². The van der Waals surface area contributed by atoms with Crippen molar-refractivity contribution < 1.29 is 14.3 Å². The molecule has 1 aliphatic carbocycles. The summed E-state index contributed by atoms with van der Waals surface area (Å²) in [5, 5.41) is 2.51. The highest BCUT2D eigenvalue weighted by molar-refractivity contribution is 5.82. The van der Waals surface area contributed by atoms with E-state index in [-0.39, 0.29) is 0 Å². The number of amides is 1. The first-order valence-electron chi connectivity index (χ1n) is 9.12. The highest BCUT2D eigenvalue weighted by Crippen LogP contribution is 2.25. The average molecular weight is 346 g/mol. The number of benzene rings is 1. The Morgan fingerprint density at radius 1 is 1.28 bits per heavy atom. The fraction of sp³-hybridized carbons (Fsp3) is 0.600. The van der Waals surface area contributed by atoms with Gasteiger partial charge in [-0.2, -0.15) is 0 Å². The van der Waals surface area contributed by atoms with Crippen LogP contribution in [0.15, 0.2) is 29.3 Å². The predicted octanol–water partition coefficient (Wildman–Crippen LogP) is 4.70. The fourth-order valence-corrected chi connectivity index (χ4v) is 2.86. The lowest BCUT2D eigenvalue weighted by Gasteiger charge is -2.21. The minimum atomic E-state index is -0.512. The smallest absolute Gasteiger partial charge is 0.412 e. The van der Waals surface area contributed by atoms with Gasteiger partial charge in [0.2, 0.25) is 0 Å². The SMILES string of the molecule is CC(C)(C)OC(=O)NC=NCc1cccc(OCC2CCCCC2)c1. The third-order valence-electron chi connectivity index (χ3n) is 4.06. The monoisotopic (exact) mass is 346 g/mol. The molecule has 1 saturated carbocycles. The number of carbonyl (C=O) groups excluding carboxylic acids is 1. The van der Waals surface area contributed by atoms with E-state index in [0.29, 0.717) is 12.5 Å². The average Bonchev–Trinajstić information content (AvgIpc) is 2.57. The molecule has 0 bridgehead atoms. The molecule has 0 radical (unpaired) electrons. The lowest BCUT2D eigenvalue weighted by molar-refractivity contribution is 0.0565. The molecule has 2 rings (SSSR count). The second kappa shape index (κ2) is 9.44. The summed E-state index contributed by atoms with van der Waals surface area (Å²) in [5.74, 6) is 1.58. The molecule has 138 valence electrons. The van der Waals surface area contributed by atoms with Crippen LogP contribution in [0.4, 0.5) is 4.79 Å². The van der Waals surface area contributed by atoms with E-state index in [1.54, 1.807) is 0 Å². The number of nitrogens with zero attached hydrogens (tertiary/aromatic N) is 1. The van der Waals surface area contributed by atoms with Crippen molar-refractivity contribution in [1.82, 2.24) is 5.32 Å². The third-order valence-corrected chi connectivity index (χ3v) is 4.06. The normalized spacial score (nSPS) is 16.0. The van der Waals surface area contributed by atoms with Crippen LogP contribution in [0.25, 0.3) is 0 Å². The van der Waals surface area contributed by atoms with Gasteiger partial charge in [0.1, 0.15) is 11.4 Å². The molecule has 0 heterocycles. The van der Waals surface area contributed by atoms with Crippen molar-refractivity contribution in [3.05, 3.63) is 29.8 Å². The molecule has 0 spiro atoms. The van der Waals surface area contributed by atoms with E-state index < -0.39 is 11.7 Å². The lowest BCUT2D eigenvalue weighted by atomic mass is 9.90. The van der Waals surface area contributed by atoms with Gasteiger partial charge in [-0.1, -0.05) is 31.4 Å². The molecule has 1 N–H and O–H groups in total. The van der Waals surface area contributed by atoms with Crippen LogP contribution in [0.3, 0.4) is 0 Å². The standard InChI is InChI=1S/C20H30N2O3/c1-20(2,3)25-19(23)22-15-21-13-17-10-7-11-18(12-17)24-14-16-8-5-4-6-9-16/h7,10-12,15-16H,4-6,8-9,13-14H2,1-3H3,(H,21,22,23). The van der Waals surface area contributed by atoms with Crippen LogP contribution in [0.5, 0.6) is 5.75 Å². The summed E-state index contributed by atoms with van der Waals surface area (Å²) in [6, 6.07) is 7.96. The zero-order valence-corrected chi connectivity index (χ0v) is 15.6. The maximum atomic E-state index is 11.5. The minimum Gasteiger partial charge on any atom is -0.493 e. The Morgan fingerprint density at radius 3 is 2.76 bits per heavy atom. The number of ether oxygens (including phenoxy) is 2. The van der Waals surface area contributed by atoms with E-state index in [9.17, 15) is 4.79 Å². The Morgan fingerprint density at radius 2 is 2.04 bits per heavy atom. The molecule has 1 aromatic carbocycles. The van der Waals surface area contributed by atoms with Gasteiger partial charge in [0.15, 0.2) is 0 Å². The Labute approximate surface area is 150 Å². The molecule has 1 fully saturated rings. The Balaban J connectivity index is 1.74. The zero-order valence-electron chi connectivity index (χ0n) is 15.6. The molecule has 0 saturated heterocycles. The predicted molar refractivity (Wildman–Crippen MR) is 100 cm³/mol. The first-order valence-corrected chi connectivity index (χ1v) is 9.12. The Hall–Kier alpha value is -2.04. The van der Waals surface area contributed by atoms with Crippen molar-refractivity contribution in [3.8, 4) is 5.75 Å². The number of nitrogens with one attached hydrogen (secondary N) is 1. The van der Waals surface area contributed by atoms with Crippen LogP contribution in [-0.4, -0.2) is 24.6 Å². The van der Waals surface area contributed by atoms with Gasteiger partial charge in [0.05, 0.1) is 19.5 Å².